The summed E-state index contributed by atoms with van der Waals surface area (Å²) >= 11 is 10.9. The predicted molar refractivity (Wildman–Crippen MR) is 188 cm³/mol. The van der Waals surface area contributed by atoms with Crippen molar-refractivity contribution < 1.29 is 4.79 Å². The van der Waals surface area contributed by atoms with Gasteiger partial charge < -0.3 is 16.4 Å². The Kier molecular flexibility index (Phi) is 11.0. The number of nitrogens with one attached hydrogen (secondary N) is 4. The van der Waals surface area contributed by atoms with Gasteiger partial charge in [0.15, 0.2) is 10.2 Å². The molecule has 0 unspecified atom stereocenters. The number of nitrogens with zero attached hydrogens (tertiary/aromatic N) is 2. The second kappa shape index (κ2) is 15.1. The number of primary amides is 1. The van der Waals surface area contributed by atoms with Gasteiger partial charge in [-0.2, -0.15) is 10.2 Å². The second-order valence-corrected chi connectivity index (χ2v) is 13.7. The lowest BCUT2D eigenvalue weighted by Crippen LogP contribution is -2.42. The van der Waals surface area contributed by atoms with E-state index in [2.05, 4.69) is 104 Å². The highest BCUT2D eigenvalue weighted by molar-refractivity contribution is 7.95. The van der Waals surface area contributed by atoms with Gasteiger partial charge in [0.05, 0.1) is 5.71 Å². The molecule has 0 radical (unpaired) electrons. The van der Waals surface area contributed by atoms with E-state index in [1.807, 2.05) is 18.2 Å². The molecule has 218 valence electrons. The number of carbonyl (C=O) groups is 1. The minimum Gasteiger partial charge on any atom is -0.366 e. The van der Waals surface area contributed by atoms with Crippen molar-refractivity contribution in [3.8, 4) is 0 Å². The average Bonchev–Trinajstić information content (AvgIpc) is 3.05. The van der Waals surface area contributed by atoms with Gasteiger partial charge in [-0.15, -0.1) is 0 Å². The summed E-state index contributed by atoms with van der Waals surface area (Å²) in [4.78, 5) is 11.6. The predicted octanol–water partition coefficient (Wildman–Crippen LogP) is 3.38. The summed E-state index contributed by atoms with van der Waals surface area (Å²) in [5, 5.41) is 19.7. The minimum absolute atomic E-state index is 0.340. The zero-order valence-electron chi connectivity index (χ0n) is 23.8. The fraction of sp³-hybridized carbons (Fsp3) is 0.0938. The maximum absolute atomic E-state index is 11.6. The number of hydrazone groups is 2. The van der Waals surface area contributed by atoms with E-state index in [4.69, 9.17) is 30.2 Å². The van der Waals surface area contributed by atoms with E-state index in [9.17, 15) is 4.79 Å². The number of carbonyl (C=O) groups excluding carboxylic acids is 1. The second-order valence-electron chi connectivity index (χ2n) is 9.38. The highest BCUT2D eigenvalue weighted by Gasteiger charge is 2.45. The van der Waals surface area contributed by atoms with Crippen LogP contribution in [0.3, 0.4) is 0 Å². The van der Waals surface area contributed by atoms with Crippen molar-refractivity contribution in [3.05, 3.63) is 126 Å². The average molecular weight is 627 g/mol. The van der Waals surface area contributed by atoms with Crippen LogP contribution in [0.5, 0.6) is 0 Å². The first kappa shape index (κ1) is 31.4. The van der Waals surface area contributed by atoms with Crippen LogP contribution < -0.4 is 43.1 Å². The molecule has 0 aromatic heterocycles. The summed E-state index contributed by atoms with van der Waals surface area (Å²) in [6.45, 7) is 1.80. The van der Waals surface area contributed by atoms with Crippen molar-refractivity contribution in [2.75, 3.05) is 13.3 Å². The van der Waals surface area contributed by atoms with Gasteiger partial charge in [-0.3, -0.25) is 15.6 Å². The van der Waals surface area contributed by atoms with Crippen molar-refractivity contribution in [3.63, 3.8) is 0 Å². The van der Waals surface area contributed by atoms with Gasteiger partial charge in [-0.1, -0.05) is 66.7 Å². The normalized spacial score (nSPS) is 11.8. The Labute approximate surface area is 263 Å². The first-order valence-corrected chi connectivity index (χ1v) is 16.2. The van der Waals surface area contributed by atoms with Crippen LogP contribution in [0.1, 0.15) is 22.8 Å². The zero-order chi connectivity index (χ0) is 30.7. The molecule has 0 aliphatic rings. The fourth-order valence-corrected chi connectivity index (χ4v) is 8.65. The standard InChI is InChI=1S/C32H32N7OPS2/c1-23(29(37-38-31(42)34-2)24-18-20-25(21-19-24)30(33)40)36-39-32(43)35-22-41(26-12-6-3-7-13-26,27-14-8-4-9-15-27)28-16-10-5-11-17-28/h3-21H,22H2,1-2H3,(H5-,33,34,35,36,37,38,39,40,42,43)/p+1. The topological polar surface area (TPSA) is 116 Å². The van der Waals surface area contributed by atoms with E-state index in [1.165, 1.54) is 15.9 Å². The molecule has 1 amide bonds. The van der Waals surface area contributed by atoms with Gasteiger partial charge in [0.2, 0.25) is 5.91 Å². The van der Waals surface area contributed by atoms with Crippen LogP contribution in [-0.2, 0) is 0 Å². The lowest BCUT2D eigenvalue weighted by Gasteiger charge is -2.28. The fourth-order valence-electron chi connectivity index (χ4n) is 4.50. The SMILES string of the molecule is CNC(=S)NN=C(C(C)=NNC(=S)NC[P+](c1ccccc1)(c1ccccc1)c1ccccc1)c1ccc(C(N)=O)cc1. The smallest absolute Gasteiger partial charge is 0.248 e. The summed E-state index contributed by atoms with van der Waals surface area (Å²) in [5.41, 5.74) is 13.3. The lowest BCUT2D eigenvalue weighted by atomic mass is 10.0. The molecule has 8 nitrogen and oxygen atoms in total. The molecule has 0 bridgehead atoms. The van der Waals surface area contributed by atoms with Crippen molar-refractivity contribution >= 4 is 75.2 Å². The number of rotatable bonds is 10. The van der Waals surface area contributed by atoms with Gasteiger partial charge in [-0.05, 0) is 79.9 Å². The molecular weight excluding hydrogens is 594 g/mol. The van der Waals surface area contributed by atoms with Crippen LogP contribution in [0.25, 0.3) is 0 Å². The third-order valence-corrected chi connectivity index (χ3v) is 11.4. The molecule has 0 aliphatic heterocycles. The van der Waals surface area contributed by atoms with Crippen molar-refractivity contribution in [1.82, 2.24) is 21.5 Å². The van der Waals surface area contributed by atoms with E-state index >= 15 is 0 Å². The maximum Gasteiger partial charge on any atom is 0.248 e. The van der Waals surface area contributed by atoms with Crippen molar-refractivity contribution in [2.24, 2.45) is 15.9 Å². The first-order valence-electron chi connectivity index (χ1n) is 13.4. The monoisotopic (exact) mass is 626 g/mol. The number of thiocarbonyl (C=S) groups is 2. The molecule has 4 aromatic rings. The van der Waals surface area contributed by atoms with E-state index < -0.39 is 13.2 Å². The Morgan fingerprint density at radius 3 is 1.58 bits per heavy atom. The van der Waals surface area contributed by atoms with Gasteiger partial charge in [-0.25, -0.2) is 0 Å². The molecule has 11 heteroatoms. The Morgan fingerprint density at radius 1 is 0.698 bits per heavy atom. The molecule has 4 rings (SSSR count). The van der Waals surface area contributed by atoms with Gasteiger partial charge in [0.25, 0.3) is 0 Å². The van der Waals surface area contributed by atoms with Crippen LogP contribution in [-0.4, -0.2) is 40.9 Å². The molecular formula is C32H33N7OPS2+. The lowest BCUT2D eigenvalue weighted by molar-refractivity contribution is 0.100. The molecule has 0 saturated heterocycles. The molecule has 0 aliphatic carbocycles. The van der Waals surface area contributed by atoms with Gasteiger partial charge in [0, 0.05) is 18.2 Å². The molecule has 0 fully saturated rings. The third-order valence-electron chi connectivity index (χ3n) is 6.67. The largest absolute Gasteiger partial charge is 0.366 e. The maximum atomic E-state index is 11.6. The molecule has 0 heterocycles. The summed E-state index contributed by atoms with van der Waals surface area (Å²) in [5.74, 6) is -0.511. The number of hydrogen-bond donors (Lipinski definition) is 5. The Morgan fingerprint density at radius 2 is 1.14 bits per heavy atom. The third kappa shape index (κ3) is 7.87. The summed E-state index contributed by atoms with van der Waals surface area (Å²) in [6, 6.07) is 38.4. The quantitative estimate of drug-likeness (QED) is 0.0794. The van der Waals surface area contributed by atoms with Crippen molar-refractivity contribution in [2.45, 2.75) is 6.92 Å². The number of benzene rings is 4. The highest BCUT2D eigenvalue weighted by Crippen LogP contribution is 2.54. The minimum atomic E-state index is -2.14. The summed E-state index contributed by atoms with van der Waals surface area (Å²) in [7, 11) is -0.443. The molecule has 0 saturated carbocycles. The van der Waals surface area contributed by atoms with Gasteiger partial charge in [0.1, 0.15) is 35.2 Å². The number of nitrogens with two attached hydrogens (primary N) is 1. The Bertz CT molecular complexity index is 1520. The number of amides is 1. The van der Waals surface area contributed by atoms with E-state index in [0.717, 1.165) is 0 Å². The Hall–Kier alpha value is -4.50. The van der Waals surface area contributed by atoms with Gasteiger partial charge >= 0.3 is 0 Å². The van der Waals surface area contributed by atoms with Crippen LogP contribution in [0, 0.1) is 0 Å². The zero-order valence-corrected chi connectivity index (χ0v) is 26.3. The molecule has 0 spiro atoms. The molecule has 6 N–H and O–H groups in total. The Balaban J connectivity index is 1.61. The van der Waals surface area contributed by atoms with Crippen LogP contribution in [0.2, 0.25) is 0 Å². The highest BCUT2D eigenvalue weighted by atomic mass is 32.1. The summed E-state index contributed by atoms with van der Waals surface area (Å²) < 4.78 is 0. The van der Waals surface area contributed by atoms with E-state index in [0.29, 0.717) is 39.1 Å². The van der Waals surface area contributed by atoms with Crippen LogP contribution in [0.4, 0.5) is 0 Å². The summed E-state index contributed by atoms with van der Waals surface area (Å²) in [6.07, 6.45) is 0.582. The molecule has 43 heavy (non-hydrogen) atoms. The van der Waals surface area contributed by atoms with E-state index in [1.54, 1.807) is 38.2 Å². The number of hydrogen-bond acceptors (Lipinski definition) is 5. The first-order chi connectivity index (χ1) is 20.8. The van der Waals surface area contributed by atoms with E-state index in [-0.39, 0.29) is 0 Å². The van der Waals surface area contributed by atoms with Crippen molar-refractivity contribution in [1.29, 1.82) is 0 Å². The van der Waals surface area contributed by atoms with Crippen LogP contribution >= 0.6 is 31.7 Å². The van der Waals surface area contributed by atoms with Crippen LogP contribution in [0.15, 0.2) is 125 Å². The molecule has 4 aromatic carbocycles. The molecule has 0 atom stereocenters.